The number of anilines is 1. The molecule has 4 rings (SSSR count). The van der Waals surface area contributed by atoms with Crippen LogP contribution in [0.25, 0.3) is 16.5 Å². The van der Waals surface area contributed by atoms with Crippen molar-refractivity contribution in [3.63, 3.8) is 0 Å². The van der Waals surface area contributed by atoms with Crippen molar-refractivity contribution in [1.29, 1.82) is 0 Å². The zero-order valence-corrected chi connectivity index (χ0v) is 24.4. The number of carbonyl (C=O) groups excluding carboxylic acids is 1. The minimum absolute atomic E-state index is 0.000241. The number of hydrogen-bond acceptors (Lipinski definition) is 7. The Hall–Kier alpha value is -3.80. The minimum Gasteiger partial charge on any atom is -0.382 e. The van der Waals surface area contributed by atoms with E-state index in [1.54, 1.807) is 37.3 Å². The number of rotatable bonds is 6. The minimum atomic E-state index is -3.39. The SMILES string of the molecule is CC(NC(=O)c1nccnc1N)c1cc2cccc(C#CCNS(C)(=O)=O)c2c(=O)n1-c1ccccc1.CI. The Morgan fingerprint density at radius 3 is 2.46 bits per heavy atom. The second kappa shape index (κ2) is 13.3. The van der Waals surface area contributed by atoms with Crippen LogP contribution in [0, 0.1) is 11.8 Å². The number of hydrogen-bond donors (Lipinski definition) is 3. The van der Waals surface area contributed by atoms with E-state index in [1.807, 2.05) is 29.2 Å². The number of pyridine rings is 1. The molecule has 0 aliphatic heterocycles. The highest BCUT2D eigenvalue weighted by atomic mass is 127. The molecule has 39 heavy (non-hydrogen) atoms. The number of alkyl halides is 1. The van der Waals surface area contributed by atoms with Gasteiger partial charge < -0.3 is 11.1 Å². The molecule has 0 aliphatic rings. The Bertz CT molecular complexity index is 1710. The van der Waals surface area contributed by atoms with Crippen LogP contribution in [0.3, 0.4) is 0 Å². The molecule has 0 radical (unpaired) electrons. The van der Waals surface area contributed by atoms with Gasteiger partial charge in [-0.05, 0) is 41.5 Å². The number of carbonyl (C=O) groups is 1. The standard InChI is InChI=1S/C26H24N6O4S.CH3I/c1-17(31-25(33)23-24(27)29-15-14-28-23)21-16-19-9-6-8-18(10-7-13-30-37(2,35)36)22(19)26(34)32(21)20-11-4-3-5-12-20;1-2/h3-6,8-9,11-12,14-17,30H,13H2,1-2H3,(H2,27,29)(H,31,33);1H3. The van der Waals surface area contributed by atoms with Crippen molar-refractivity contribution in [1.82, 2.24) is 24.6 Å². The molecular weight excluding hydrogens is 631 g/mol. The van der Waals surface area contributed by atoms with Crippen LogP contribution in [0.2, 0.25) is 0 Å². The van der Waals surface area contributed by atoms with Gasteiger partial charge >= 0.3 is 0 Å². The van der Waals surface area contributed by atoms with Gasteiger partial charge in [-0.2, -0.15) is 0 Å². The summed E-state index contributed by atoms with van der Waals surface area (Å²) < 4.78 is 26.5. The van der Waals surface area contributed by atoms with Crippen LogP contribution in [-0.2, 0) is 10.0 Å². The molecule has 2 aromatic heterocycles. The van der Waals surface area contributed by atoms with Crippen LogP contribution >= 0.6 is 22.6 Å². The Kier molecular flexibility index (Phi) is 10.2. The summed E-state index contributed by atoms with van der Waals surface area (Å²) in [6, 6.07) is 15.5. The molecule has 0 spiro atoms. The van der Waals surface area contributed by atoms with Crippen LogP contribution in [0.15, 0.2) is 71.8 Å². The first-order valence-electron chi connectivity index (χ1n) is 11.6. The van der Waals surface area contributed by atoms with Gasteiger partial charge in [0.2, 0.25) is 10.0 Å². The molecule has 0 saturated heterocycles. The summed E-state index contributed by atoms with van der Waals surface area (Å²) in [5.74, 6) is 5.13. The summed E-state index contributed by atoms with van der Waals surface area (Å²) in [5, 5.41) is 3.85. The second-order valence-corrected chi connectivity index (χ2v) is 10.0. The molecule has 0 aliphatic carbocycles. The fourth-order valence-corrected chi connectivity index (χ4v) is 4.15. The largest absolute Gasteiger partial charge is 0.382 e. The molecule has 1 amide bonds. The Morgan fingerprint density at radius 2 is 1.79 bits per heavy atom. The third-order valence-electron chi connectivity index (χ3n) is 5.47. The van der Waals surface area contributed by atoms with Gasteiger partial charge in [0, 0.05) is 29.3 Å². The first kappa shape index (κ1) is 29.8. The highest BCUT2D eigenvalue weighted by Crippen LogP contribution is 2.23. The predicted molar refractivity (Wildman–Crippen MR) is 162 cm³/mol. The van der Waals surface area contributed by atoms with Crippen LogP contribution in [0.4, 0.5) is 5.82 Å². The van der Waals surface area contributed by atoms with Crippen LogP contribution < -0.4 is 21.3 Å². The molecule has 4 aromatic rings. The average molecular weight is 659 g/mol. The maximum Gasteiger partial charge on any atom is 0.274 e. The first-order chi connectivity index (χ1) is 18.7. The number of amides is 1. The van der Waals surface area contributed by atoms with Crippen molar-refractivity contribution < 1.29 is 13.2 Å². The van der Waals surface area contributed by atoms with Crippen molar-refractivity contribution in [2.24, 2.45) is 0 Å². The molecule has 0 saturated carbocycles. The number of nitrogens with two attached hydrogens (primary N) is 1. The maximum absolute atomic E-state index is 13.9. The smallest absolute Gasteiger partial charge is 0.274 e. The van der Waals surface area contributed by atoms with Gasteiger partial charge in [-0.15, -0.1) is 0 Å². The van der Waals surface area contributed by atoms with E-state index < -0.39 is 22.0 Å². The summed E-state index contributed by atoms with van der Waals surface area (Å²) in [6.07, 6.45) is 3.81. The maximum atomic E-state index is 13.9. The third-order valence-corrected chi connectivity index (χ3v) is 6.14. The fraction of sp³-hybridized carbons (Fsp3) is 0.185. The molecule has 1 unspecified atom stereocenters. The van der Waals surface area contributed by atoms with E-state index in [9.17, 15) is 18.0 Å². The van der Waals surface area contributed by atoms with E-state index in [-0.39, 0.29) is 23.6 Å². The van der Waals surface area contributed by atoms with E-state index in [0.29, 0.717) is 27.7 Å². The molecule has 4 N–H and O–H groups in total. The number of sulfonamides is 1. The zero-order valence-electron chi connectivity index (χ0n) is 21.5. The monoisotopic (exact) mass is 658 g/mol. The van der Waals surface area contributed by atoms with Crippen molar-refractivity contribution in [3.8, 4) is 17.5 Å². The summed E-state index contributed by atoms with van der Waals surface area (Å²) >= 11 is 2.15. The highest BCUT2D eigenvalue weighted by molar-refractivity contribution is 14.1. The Morgan fingerprint density at radius 1 is 1.10 bits per heavy atom. The van der Waals surface area contributed by atoms with E-state index in [2.05, 4.69) is 54.4 Å². The highest BCUT2D eigenvalue weighted by Gasteiger charge is 2.21. The molecule has 202 valence electrons. The third kappa shape index (κ3) is 7.41. The van der Waals surface area contributed by atoms with Gasteiger partial charge in [-0.25, -0.2) is 23.1 Å². The number of halogens is 1. The number of para-hydroxylation sites is 1. The Labute approximate surface area is 240 Å². The van der Waals surface area contributed by atoms with E-state index in [0.717, 1.165) is 6.26 Å². The molecule has 12 heteroatoms. The lowest BCUT2D eigenvalue weighted by Gasteiger charge is -2.21. The zero-order chi connectivity index (χ0) is 28.6. The summed E-state index contributed by atoms with van der Waals surface area (Å²) in [6.45, 7) is 1.67. The van der Waals surface area contributed by atoms with Gasteiger partial charge in [-0.1, -0.05) is 64.8 Å². The predicted octanol–water partition coefficient (Wildman–Crippen LogP) is 2.81. The van der Waals surface area contributed by atoms with Gasteiger partial charge in [-0.3, -0.25) is 14.2 Å². The molecule has 0 bridgehead atoms. The quantitative estimate of drug-likeness (QED) is 0.164. The summed E-state index contributed by atoms with van der Waals surface area (Å²) in [7, 11) is -3.39. The normalized spacial score (nSPS) is 11.5. The average Bonchev–Trinajstić information content (AvgIpc) is 2.92. The lowest BCUT2D eigenvalue weighted by atomic mass is 10.0. The number of nitrogen functional groups attached to an aromatic ring is 1. The molecule has 2 aromatic carbocycles. The number of nitrogens with one attached hydrogen (secondary N) is 2. The van der Waals surface area contributed by atoms with Crippen molar-refractivity contribution in [2.45, 2.75) is 13.0 Å². The molecule has 1 atom stereocenters. The van der Waals surface area contributed by atoms with E-state index in [4.69, 9.17) is 5.73 Å². The summed E-state index contributed by atoms with van der Waals surface area (Å²) in [4.78, 5) is 36.7. The van der Waals surface area contributed by atoms with Gasteiger partial charge in [0.25, 0.3) is 11.5 Å². The van der Waals surface area contributed by atoms with E-state index in [1.165, 1.54) is 17.0 Å². The number of aromatic nitrogens is 3. The second-order valence-electron chi connectivity index (χ2n) is 8.20. The number of fused-ring (bicyclic) bond motifs is 1. The fourth-order valence-electron chi connectivity index (χ4n) is 3.82. The number of nitrogens with zero attached hydrogens (tertiary/aromatic N) is 3. The van der Waals surface area contributed by atoms with Gasteiger partial charge in [0.1, 0.15) is 0 Å². The molecule has 2 heterocycles. The molecule has 0 fully saturated rings. The van der Waals surface area contributed by atoms with Crippen LogP contribution in [0.5, 0.6) is 0 Å². The van der Waals surface area contributed by atoms with Gasteiger partial charge in [0.15, 0.2) is 11.5 Å². The van der Waals surface area contributed by atoms with Crippen molar-refractivity contribution >= 4 is 55.1 Å². The summed E-state index contributed by atoms with van der Waals surface area (Å²) in [5.41, 5.74) is 7.05. The van der Waals surface area contributed by atoms with E-state index >= 15 is 0 Å². The lowest BCUT2D eigenvalue weighted by Crippen LogP contribution is -2.33. The lowest BCUT2D eigenvalue weighted by molar-refractivity contribution is 0.0934. The topological polar surface area (TPSA) is 149 Å². The van der Waals surface area contributed by atoms with Crippen LogP contribution in [-0.4, -0.2) is 46.6 Å². The van der Waals surface area contributed by atoms with Gasteiger partial charge in [0.05, 0.1) is 24.2 Å². The molecular formula is C27H27IN6O4S. The molecule has 10 nitrogen and oxygen atoms in total. The van der Waals surface area contributed by atoms with Crippen LogP contribution in [0.1, 0.15) is 34.7 Å². The number of benzene rings is 2. The van der Waals surface area contributed by atoms with Crippen molar-refractivity contribution in [2.75, 3.05) is 23.5 Å². The Balaban J connectivity index is 0.00000205. The first-order valence-corrected chi connectivity index (χ1v) is 15.6. The van der Waals surface area contributed by atoms with Crippen molar-refractivity contribution in [3.05, 3.63) is 94.3 Å².